The van der Waals surface area contributed by atoms with Gasteiger partial charge in [0.1, 0.15) is 79.1 Å². The fourth-order valence-corrected chi connectivity index (χ4v) is 7.14. The lowest BCUT2D eigenvalue weighted by Gasteiger charge is -2.50. The minimum absolute atomic E-state index is 0.0835. The third-order valence-corrected chi connectivity index (χ3v) is 9.67. The van der Waals surface area contributed by atoms with E-state index in [0.717, 1.165) is 20.8 Å². The molecule has 19 atom stereocenters. The highest BCUT2D eigenvalue weighted by atomic mass is 16.8. The monoisotopic (exact) mass is 814 g/mol. The third kappa shape index (κ3) is 10.8. The molecule has 24 nitrogen and oxygen atoms in total. The second kappa shape index (κ2) is 20.3. The first-order valence-electron chi connectivity index (χ1n) is 17.9. The summed E-state index contributed by atoms with van der Waals surface area (Å²) in [4.78, 5) is 48.4. The molecular formula is C32H54N4O20. The van der Waals surface area contributed by atoms with Crippen molar-refractivity contribution in [1.29, 1.82) is 0 Å². The van der Waals surface area contributed by atoms with Gasteiger partial charge in [0.2, 0.25) is 23.6 Å². The van der Waals surface area contributed by atoms with E-state index in [4.69, 9.17) is 33.2 Å². The Morgan fingerprint density at radius 2 is 0.839 bits per heavy atom. The number of carbonyl (C=O) groups is 4. The topological polar surface area (TPSA) is 363 Å². The van der Waals surface area contributed by atoms with Crippen LogP contribution in [0.2, 0.25) is 0 Å². The molecule has 0 saturated carbocycles. The fourth-order valence-electron chi connectivity index (χ4n) is 7.14. The Hall–Kier alpha value is -2.76. The van der Waals surface area contributed by atoms with Gasteiger partial charge in [-0.2, -0.15) is 0 Å². The van der Waals surface area contributed by atoms with Gasteiger partial charge >= 0.3 is 0 Å². The summed E-state index contributed by atoms with van der Waals surface area (Å²) in [5.41, 5.74) is 0. The molecule has 0 aliphatic carbocycles. The van der Waals surface area contributed by atoms with Gasteiger partial charge in [-0.25, -0.2) is 0 Å². The number of carbonyl (C=O) groups excluding carboxylic acids is 4. The molecule has 0 bridgehead atoms. The van der Waals surface area contributed by atoms with E-state index < -0.39 is 167 Å². The minimum Gasteiger partial charge on any atom is -0.394 e. The summed E-state index contributed by atoms with van der Waals surface area (Å²) in [7, 11) is 0. The Balaban J connectivity index is 1.60. The molecule has 13 N–H and O–H groups in total. The van der Waals surface area contributed by atoms with Gasteiger partial charge in [-0.1, -0.05) is 0 Å². The Bertz CT molecular complexity index is 1340. The van der Waals surface area contributed by atoms with Crippen molar-refractivity contribution >= 4 is 23.6 Å². The highest BCUT2D eigenvalue weighted by molar-refractivity contribution is 5.74. The maximum atomic E-state index is 12.4. The molecule has 4 saturated heterocycles. The number of rotatable bonds is 14. The second-order valence-electron chi connectivity index (χ2n) is 14.0. The van der Waals surface area contributed by atoms with Crippen LogP contribution < -0.4 is 21.3 Å². The van der Waals surface area contributed by atoms with E-state index in [1.807, 2.05) is 0 Å². The lowest BCUT2D eigenvalue weighted by Crippen LogP contribution is -2.71. The normalized spacial score (nSPS) is 43.0. The van der Waals surface area contributed by atoms with Crippen LogP contribution in [0, 0.1) is 0 Å². The maximum absolute atomic E-state index is 12.4. The van der Waals surface area contributed by atoms with Gasteiger partial charge in [0.05, 0.1) is 38.6 Å². The summed E-state index contributed by atoms with van der Waals surface area (Å²) in [6, 6.07) is -5.78. The lowest BCUT2D eigenvalue weighted by molar-refractivity contribution is -0.359. The smallest absolute Gasteiger partial charge is 0.217 e. The predicted octanol–water partition coefficient (Wildman–Crippen LogP) is -8.14. The molecule has 56 heavy (non-hydrogen) atoms. The molecule has 0 aromatic rings. The van der Waals surface area contributed by atoms with Crippen LogP contribution in [0.1, 0.15) is 34.1 Å². The maximum Gasteiger partial charge on any atom is 0.217 e. The van der Waals surface area contributed by atoms with Crippen LogP contribution in [0.15, 0.2) is 0 Å². The SMILES string of the molecule is CC(=O)N[C@H]1[C@H](OC2[C@@H](CO)O[C@@H](OC3[C@@H](CO)O[C@@H](OC4[C@@H](CO)OC(O)[C@H](NC(C)=O)[C@H]4O)[C@H](NC(C)=O)[C@H]3O)[C@H](NC(C)=O)[C@H]2O)O[C@@H](CO)C[C@H]1O. The first kappa shape index (κ1) is 45.9. The van der Waals surface area contributed by atoms with Crippen molar-refractivity contribution in [2.45, 2.75) is 151 Å². The molecule has 4 aliphatic rings. The molecule has 4 aliphatic heterocycles. The summed E-state index contributed by atoms with van der Waals surface area (Å²) < 4.78 is 40.9. The van der Waals surface area contributed by atoms with Crippen LogP contribution in [-0.2, 0) is 52.3 Å². The molecule has 0 aromatic carbocycles. The number of ether oxygens (including phenoxy) is 7. The molecule has 0 spiro atoms. The first-order valence-corrected chi connectivity index (χ1v) is 17.9. The predicted molar refractivity (Wildman–Crippen MR) is 179 cm³/mol. The Labute approximate surface area is 320 Å². The van der Waals surface area contributed by atoms with Gasteiger partial charge in [-0.3, -0.25) is 19.2 Å². The number of hydrogen-bond acceptors (Lipinski definition) is 20. The summed E-state index contributed by atoms with van der Waals surface area (Å²) in [5, 5.41) is 106. The number of nitrogens with one attached hydrogen (secondary N) is 4. The largest absolute Gasteiger partial charge is 0.394 e. The van der Waals surface area contributed by atoms with Crippen LogP contribution in [0.5, 0.6) is 0 Å². The van der Waals surface area contributed by atoms with Crippen molar-refractivity contribution in [1.82, 2.24) is 21.3 Å². The van der Waals surface area contributed by atoms with E-state index in [0.29, 0.717) is 0 Å². The highest BCUT2D eigenvalue weighted by Crippen LogP contribution is 2.34. The molecular weight excluding hydrogens is 760 g/mol. The number of hydrogen-bond donors (Lipinski definition) is 13. The fraction of sp³-hybridized carbons (Fsp3) is 0.875. The van der Waals surface area contributed by atoms with E-state index in [1.54, 1.807) is 0 Å². The second-order valence-corrected chi connectivity index (χ2v) is 14.0. The van der Waals surface area contributed by atoms with Gasteiger partial charge in [-0.15, -0.1) is 0 Å². The Kier molecular flexibility index (Phi) is 16.6. The van der Waals surface area contributed by atoms with E-state index in [2.05, 4.69) is 21.3 Å². The van der Waals surface area contributed by atoms with Crippen LogP contribution in [0.4, 0.5) is 0 Å². The van der Waals surface area contributed by atoms with Gasteiger partial charge < -0.3 is 100 Å². The van der Waals surface area contributed by atoms with Crippen molar-refractivity contribution in [2.24, 2.45) is 0 Å². The van der Waals surface area contributed by atoms with E-state index in [1.165, 1.54) is 6.92 Å². The summed E-state index contributed by atoms with van der Waals surface area (Å²) in [6.07, 6.45) is -23.7. The summed E-state index contributed by atoms with van der Waals surface area (Å²) in [6.45, 7) is 1.36. The van der Waals surface area contributed by atoms with Gasteiger partial charge in [0.25, 0.3) is 0 Å². The number of aliphatic hydroxyl groups excluding tert-OH is 9. The van der Waals surface area contributed by atoms with Crippen molar-refractivity contribution in [3.63, 3.8) is 0 Å². The molecule has 0 radical (unpaired) electrons. The molecule has 4 heterocycles. The average molecular weight is 815 g/mol. The molecule has 0 aromatic heterocycles. The van der Waals surface area contributed by atoms with Gasteiger partial charge in [0.15, 0.2) is 25.2 Å². The van der Waals surface area contributed by atoms with Crippen molar-refractivity contribution in [2.75, 3.05) is 26.4 Å². The first-order chi connectivity index (χ1) is 26.4. The van der Waals surface area contributed by atoms with Crippen molar-refractivity contribution in [3.05, 3.63) is 0 Å². The zero-order valence-electron chi connectivity index (χ0n) is 31.0. The van der Waals surface area contributed by atoms with Crippen molar-refractivity contribution in [3.8, 4) is 0 Å². The Morgan fingerprint density at radius 1 is 0.500 bits per heavy atom. The number of amides is 4. The standard InChI is InChI=1S/C32H54N4O20/c1-10(41)33-19-15(45)5-14(6-37)50-30(19)54-27-17(8-39)52-32(21(24(27)47)35-12(3)43)56-28-18(9-40)53-31(22(25(28)48)36-13(4)44)55-26-16(7-38)51-29(49)20(23(26)46)34-11(2)42/h14-32,37-40,45-49H,5-9H2,1-4H3,(H,33,41)(H,34,42)(H,35,43)(H,36,44)/t14-,15-,16-,17-,18-,19-,20-,21-,22-,23-,24-,25-,26?,27?,28?,29?,30+,31+,32+/m1/s1. The molecule has 24 heteroatoms. The number of aliphatic hydroxyl groups is 9. The van der Waals surface area contributed by atoms with Crippen LogP contribution >= 0.6 is 0 Å². The van der Waals surface area contributed by atoms with Crippen molar-refractivity contribution < 1.29 is 98.3 Å². The zero-order valence-corrected chi connectivity index (χ0v) is 31.0. The summed E-state index contributed by atoms with van der Waals surface area (Å²) in [5.74, 6) is -2.67. The molecule has 4 amide bonds. The van der Waals surface area contributed by atoms with Gasteiger partial charge in [0, 0.05) is 34.1 Å². The summed E-state index contributed by atoms with van der Waals surface area (Å²) >= 11 is 0. The average Bonchev–Trinajstić information content (AvgIpc) is 3.13. The minimum atomic E-state index is -1.87. The lowest BCUT2D eigenvalue weighted by atomic mass is 9.93. The highest BCUT2D eigenvalue weighted by Gasteiger charge is 2.55. The van der Waals surface area contributed by atoms with E-state index in [9.17, 15) is 65.1 Å². The van der Waals surface area contributed by atoms with E-state index in [-0.39, 0.29) is 6.42 Å². The van der Waals surface area contributed by atoms with E-state index >= 15 is 0 Å². The molecule has 4 unspecified atom stereocenters. The van der Waals surface area contributed by atoms with Crippen LogP contribution in [0.25, 0.3) is 0 Å². The van der Waals surface area contributed by atoms with Crippen LogP contribution in [-0.4, -0.2) is 212 Å². The Morgan fingerprint density at radius 3 is 1.21 bits per heavy atom. The quantitative estimate of drug-likeness (QED) is 0.0774. The molecule has 4 rings (SSSR count). The van der Waals surface area contributed by atoms with Gasteiger partial charge in [-0.05, 0) is 0 Å². The molecule has 4 fully saturated rings. The molecule has 322 valence electrons. The van der Waals surface area contributed by atoms with Crippen LogP contribution in [0.3, 0.4) is 0 Å². The zero-order chi connectivity index (χ0) is 41.6. The third-order valence-electron chi connectivity index (χ3n) is 9.67.